The maximum atomic E-state index is 11.8. The van der Waals surface area contributed by atoms with Crippen molar-refractivity contribution in [3.05, 3.63) is 35.9 Å². The Kier molecular flexibility index (Phi) is 6.18. The average Bonchev–Trinajstić information content (AvgIpc) is 2.52. The minimum atomic E-state index is -0.340. The van der Waals surface area contributed by atoms with Gasteiger partial charge in [-0.15, -0.1) is 0 Å². The van der Waals surface area contributed by atoms with Gasteiger partial charge in [0, 0.05) is 19.7 Å². The molecule has 1 aliphatic rings. The van der Waals surface area contributed by atoms with Crippen LogP contribution in [0, 0.1) is 0 Å². The lowest BCUT2D eigenvalue weighted by Gasteiger charge is -2.23. The van der Waals surface area contributed by atoms with Crippen molar-refractivity contribution in [1.29, 1.82) is 0 Å². The van der Waals surface area contributed by atoms with Crippen LogP contribution in [0.25, 0.3) is 0 Å². The number of rotatable bonds is 7. The molecule has 114 valence electrons. The molecule has 1 unspecified atom stereocenters. The summed E-state index contributed by atoms with van der Waals surface area (Å²) in [6.07, 6.45) is 0.762. The molecule has 1 fully saturated rings. The highest BCUT2D eigenvalue weighted by Crippen LogP contribution is 2.00. The Balaban J connectivity index is 1.51. The minimum absolute atomic E-state index is 0.0756. The summed E-state index contributed by atoms with van der Waals surface area (Å²) in [5, 5.41) is 8.37. The Bertz CT molecular complexity index is 454. The predicted octanol–water partition coefficient (Wildman–Crippen LogP) is -0.202. The van der Waals surface area contributed by atoms with E-state index in [1.165, 1.54) is 0 Å². The van der Waals surface area contributed by atoms with Gasteiger partial charge in [-0.05, 0) is 12.0 Å². The van der Waals surface area contributed by atoms with Gasteiger partial charge in [-0.2, -0.15) is 0 Å². The van der Waals surface area contributed by atoms with Gasteiger partial charge in [-0.1, -0.05) is 30.3 Å². The molecule has 1 aromatic carbocycles. The third kappa shape index (κ3) is 5.53. The summed E-state index contributed by atoms with van der Waals surface area (Å²) in [4.78, 5) is 22.8. The van der Waals surface area contributed by atoms with E-state index in [2.05, 4.69) is 16.0 Å². The van der Waals surface area contributed by atoms with Crippen LogP contribution in [-0.4, -0.2) is 44.1 Å². The molecule has 1 saturated heterocycles. The Labute approximate surface area is 124 Å². The van der Waals surface area contributed by atoms with E-state index < -0.39 is 0 Å². The second-order valence-electron chi connectivity index (χ2n) is 4.92. The van der Waals surface area contributed by atoms with Gasteiger partial charge >= 0.3 is 0 Å². The molecular weight excluding hydrogens is 270 g/mol. The Morgan fingerprint density at radius 1 is 1.33 bits per heavy atom. The zero-order valence-corrected chi connectivity index (χ0v) is 11.9. The molecule has 6 nitrogen and oxygen atoms in total. The van der Waals surface area contributed by atoms with Gasteiger partial charge < -0.3 is 15.4 Å². The fraction of sp³-hybridized carbons (Fsp3) is 0.467. The van der Waals surface area contributed by atoms with Crippen LogP contribution < -0.4 is 16.0 Å². The van der Waals surface area contributed by atoms with Crippen molar-refractivity contribution in [2.45, 2.75) is 19.1 Å². The molecule has 1 aliphatic heterocycles. The summed E-state index contributed by atoms with van der Waals surface area (Å²) in [5.41, 5.74) is 1.14. The van der Waals surface area contributed by atoms with Crippen molar-refractivity contribution < 1.29 is 14.3 Å². The van der Waals surface area contributed by atoms with Crippen molar-refractivity contribution in [3.63, 3.8) is 0 Å². The quantitative estimate of drug-likeness (QED) is 0.608. The molecule has 0 aliphatic carbocycles. The molecule has 2 amide bonds. The lowest BCUT2D eigenvalue weighted by molar-refractivity contribution is -0.126. The van der Waals surface area contributed by atoms with Gasteiger partial charge in [0.25, 0.3) is 0 Å². The van der Waals surface area contributed by atoms with Crippen LogP contribution in [0.5, 0.6) is 0 Å². The van der Waals surface area contributed by atoms with Crippen molar-refractivity contribution in [2.75, 3.05) is 26.2 Å². The molecule has 21 heavy (non-hydrogen) atoms. The van der Waals surface area contributed by atoms with E-state index in [1.807, 2.05) is 30.3 Å². The molecular formula is C15H21N3O3. The number of ether oxygens (including phenoxy) is 1. The van der Waals surface area contributed by atoms with E-state index in [9.17, 15) is 9.59 Å². The van der Waals surface area contributed by atoms with Crippen molar-refractivity contribution in [1.82, 2.24) is 16.0 Å². The van der Waals surface area contributed by atoms with E-state index >= 15 is 0 Å². The van der Waals surface area contributed by atoms with Crippen molar-refractivity contribution >= 4 is 11.8 Å². The zero-order chi connectivity index (χ0) is 14.9. The second-order valence-corrected chi connectivity index (χ2v) is 4.92. The summed E-state index contributed by atoms with van der Waals surface area (Å²) < 4.78 is 5.54. The maximum Gasteiger partial charge on any atom is 0.238 e. The molecule has 6 heteroatoms. The monoisotopic (exact) mass is 291 g/mol. The van der Waals surface area contributed by atoms with Gasteiger partial charge in [-0.3, -0.25) is 14.9 Å². The van der Waals surface area contributed by atoms with E-state index in [4.69, 9.17) is 4.74 Å². The van der Waals surface area contributed by atoms with E-state index in [-0.39, 0.29) is 24.4 Å². The third-order valence-corrected chi connectivity index (χ3v) is 3.21. The smallest absolute Gasteiger partial charge is 0.238 e. The topological polar surface area (TPSA) is 79.5 Å². The maximum absolute atomic E-state index is 11.8. The molecule has 0 radical (unpaired) electrons. The molecule has 3 N–H and O–H groups in total. The lowest BCUT2D eigenvalue weighted by atomic mass is 10.2. The first kappa shape index (κ1) is 15.5. The highest BCUT2D eigenvalue weighted by Gasteiger charge is 2.22. The molecule has 0 spiro atoms. The third-order valence-electron chi connectivity index (χ3n) is 3.21. The number of hydrogen-bond donors (Lipinski definition) is 3. The summed E-state index contributed by atoms with van der Waals surface area (Å²) in [7, 11) is 0. The number of benzene rings is 1. The standard InChI is InChI=1S/C15H21N3O3/c19-14-10-17-13(9-18-14)15(20)16-7-4-8-21-11-12-5-2-1-3-6-12/h1-3,5-6,13,17H,4,7-11H2,(H,16,20)(H,18,19). The van der Waals surface area contributed by atoms with Crippen molar-refractivity contribution in [3.8, 4) is 0 Å². The number of piperazine rings is 1. The molecule has 1 heterocycles. The SMILES string of the molecule is O=C1CNC(C(=O)NCCCOCc2ccccc2)CN1. The van der Waals surface area contributed by atoms with E-state index in [0.29, 0.717) is 26.3 Å². The predicted molar refractivity (Wildman–Crippen MR) is 78.5 cm³/mol. The fourth-order valence-corrected chi connectivity index (χ4v) is 2.03. The van der Waals surface area contributed by atoms with Gasteiger partial charge in [0.05, 0.1) is 13.2 Å². The summed E-state index contributed by atoms with van der Waals surface area (Å²) in [5.74, 6) is -0.161. The first-order valence-corrected chi connectivity index (χ1v) is 7.15. The molecule has 2 rings (SSSR count). The zero-order valence-electron chi connectivity index (χ0n) is 11.9. The lowest BCUT2D eigenvalue weighted by Crippen LogP contribution is -2.58. The van der Waals surface area contributed by atoms with Crippen LogP contribution in [-0.2, 0) is 20.9 Å². The summed E-state index contributed by atoms with van der Waals surface area (Å²) >= 11 is 0. The molecule has 0 aromatic heterocycles. The molecule has 1 aromatic rings. The first-order valence-electron chi connectivity index (χ1n) is 7.15. The highest BCUT2D eigenvalue weighted by molar-refractivity contribution is 5.86. The molecule has 1 atom stereocenters. The fourth-order valence-electron chi connectivity index (χ4n) is 2.03. The summed E-state index contributed by atoms with van der Waals surface area (Å²) in [6, 6.07) is 9.63. The van der Waals surface area contributed by atoms with Gasteiger partial charge in [-0.25, -0.2) is 0 Å². The number of nitrogens with one attached hydrogen (secondary N) is 3. The molecule has 0 bridgehead atoms. The summed E-state index contributed by atoms with van der Waals surface area (Å²) in [6.45, 7) is 2.29. The van der Waals surface area contributed by atoms with Gasteiger partial charge in [0.15, 0.2) is 0 Å². The highest BCUT2D eigenvalue weighted by atomic mass is 16.5. The van der Waals surface area contributed by atoms with Gasteiger partial charge in [0.2, 0.25) is 11.8 Å². The molecule has 0 saturated carbocycles. The number of amides is 2. The van der Waals surface area contributed by atoms with E-state index in [0.717, 1.165) is 12.0 Å². The van der Waals surface area contributed by atoms with Crippen LogP contribution >= 0.6 is 0 Å². The number of carbonyl (C=O) groups is 2. The minimum Gasteiger partial charge on any atom is -0.377 e. The van der Waals surface area contributed by atoms with Crippen LogP contribution in [0.3, 0.4) is 0 Å². The van der Waals surface area contributed by atoms with Crippen LogP contribution in [0.1, 0.15) is 12.0 Å². The van der Waals surface area contributed by atoms with Crippen LogP contribution in [0.4, 0.5) is 0 Å². The Morgan fingerprint density at radius 2 is 2.14 bits per heavy atom. The Hall–Kier alpha value is -1.92. The van der Waals surface area contributed by atoms with Crippen LogP contribution in [0.2, 0.25) is 0 Å². The number of hydrogen-bond acceptors (Lipinski definition) is 4. The van der Waals surface area contributed by atoms with Crippen molar-refractivity contribution in [2.24, 2.45) is 0 Å². The van der Waals surface area contributed by atoms with Gasteiger partial charge in [0.1, 0.15) is 6.04 Å². The average molecular weight is 291 g/mol. The number of carbonyl (C=O) groups excluding carboxylic acids is 2. The first-order chi connectivity index (χ1) is 10.3. The van der Waals surface area contributed by atoms with E-state index in [1.54, 1.807) is 0 Å². The largest absolute Gasteiger partial charge is 0.377 e. The Morgan fingerprint density at radius 3 is 2.86 bits per heavy atom. The normalized spacial score (nSPS) is 18.1. The van der Waals surface area contributed by atoms with Crippen LogP contribution in [0.15, 0.2) is 30.3 Å². The second kappa shape index (κ2) is 8.39.